The molecular formula is C24H30F3N7O2S2. The van der Waals surface area contributed by atoms with Crippen molar-refractivity contribution in [2.75, 3.05) is 18.0 Å². The predicted molar refractivity (Wildman–Crippen MR) is 138 cm³/mol. The molecule has 0 spiro atoms. The van der Waals surface area contributed by atoms with E-state index in [1.807, 2.05) is 18.7 Å². The number of halogens is 3. The van der Waals surface area contributed by atoms with Crippen LogP contribution in [0.4, 0.5) is 18.9 Å². The van der Waals surface area contributed by atoms with Crippen LogP contribution in [-0.2, 0) is 10.0 Å². The molecular weight excluding hydrogens is 539 g/mol. The van der Waals surface area contributed by atoms with E-state index < -0.39 is 37.7 Å². The maximum absolute atomic E-state index is 16.4. The van der Waals surface area contributed by atoms with Gasteiger partial charge in [-0.15, -0.1) is 10.2 Å². The molecule has 1 aliphatic heterocycles. The average molecular weight is 570 g/mol. The van der Waals surface area contributed by atoms with Crippen molar-refractivity contribution in [3.63, 3.8) is 0 Å². The van der Waals surface area contributed by atoms with Crippen LogP contribution in [0.1, 0.15) is 75.9 Å². The molecule has 3 aliphatic rings. The van der Waals surface area contributed by atoms with Gasteiger partial charge in [0.05, 0.1) is 5.69 Å². The molecule has 0 radical (unpaired) electrons. The second kappa shape index (κ2) is 9.14. The van der Waals surface area contributed by atoms with E-state index >= 15 is 4.39 Å². The first-order valence-electron chi connectivity index (χ1n) is 12.9. The van der Waals surface area contributed by atoms with Gasteiger partial charge in [-0.2, -0.15) is 0 Å². The fraction of sp³-hybridized carbons (Fsp3) is 0.625. The van der Waals surface area contributed by atoms with E-state index in [2.05, 4.69) is 20.2 Å². The van der Waals surface area contributed by atoms with Crippen LogP contribution in [0, 0.1) is 5.82 Å². The number of sulfonamides is 1. The predicted octanol–water partition coefficient (Wildman–Crippen LogP) is 4.21. The van der Waals surface area contributed by atoms with E-state index in [-0.39, 0.29) is 34.3 Å². The second-order valence-corrected chi connectivity index (χ2v) is 13.8. The maximum Gasteiger partial charge on any atom is 0.291 e. The van der Waals surface area contributed by atoms with Crippen LogP contribution in [0.25, 0.3) is 16.3 Å². The summed E-state index contributed by atoms with van der Waals surface area (Å²) in [6.45, 7) is 6.64. The standard InChI is InChI=1S/C24H30F3N7O2S2/c1-12-9-33(10-13(2)28-12)18-16(25)15(38(35,36)32-24(3)7-8-24)11-34-19(22-30-31-23(37-22)20(26)27)17(29-21(18)34)14-5-4-6-14/h11-14,20,28,32H,4-10H2,1-3H3/t12-,13-/m0/s1. The van der Waals surface area contributed by atoms with Crippen molar-refractivity contribution in [1.82, 2.24) is 29.6 Å². The Labute approximate surface area is 222 Å². The van der Waals surface area contributed by atoms with Gasteiger partial charge in [0.15, 0.2) is 21.5 Å². The zero-order chi connectivity index (χ0) is 27.0. The average Bonchev–Trinajstić information content (AvgIpc) is 3.16. The summed E-state index contributed by atoms with van der Waals surface area (Å²) in [6, 6.07) is 0.0542. The lowest BCUT2D eigenvalue weighted by atomic mass is 9.82. The highest BCUT2D eigenvalue weighted by atomic mass is 32.2. The van der Waals surface area contributed by atoms with Crippen molar-refractivity contribution in [2.24, 2.45) is 0 Å². The zero-order valence-corrected chi connectivity index (χ0v) is 23.0. The van der Waals surface area contributed by atoms with Crippen LogP contribution in [0.3, 0.4) is 0 Å². The molecule has 4 heterocycles. The number of rotatable bonds is 7. The molecule has 206 valence electrons. The van der Waals surface area contributed by atoms with Crippen molar-refractivity contribution >= 4 is 32.7 Å². The Hall–Kier alpha value is -2.29. The number of piperazine rings is 1. The van der Waals surface area contributed by atoms with Crippen LogP contribution < -0.4 is 14.9 Å². The van der Waals surface area contributed by atoms with Crippen molar-refractivity contribution < 1.29 is 21.6 Å². The zero-order valence-electron chi connectivity index (χ0n) is 21.3. The number of nitrogens with zero attached hydrogens (tertiary/aromatic N) is 5. The Morgan fingerprint density at radius 3 is 2.42 bits per heavy atom. The first kappa shape index (κ1) is 26.0. The van der Waals surface area contributed by atoms with Gasteiger partial charge in [-0.25, -0.2) is 31.3 Å². The Morgan fingerprint density at radius 1 is 1.18 bits per heavy atom. The van der Waals surface area contributed by atoms with E-state index in [0.717, 1.165) is 30.6 Å². The SMILES string of the molecule is C[C@H]1CN(c2c(F)c(S(=O)(=O)NC3(C)CC3)cn3c(-c4nnc(C(F)F)s4)c(C4CCC4)nc23)C[C@H](C)N1. The van der Waals surface area contributed by atoms with Crippen LogP contribution in [0.2, 0.25) is 0 Å². The van der Waals surface area contributed by atoms with Gasteiger partial charge in [-0.05, 0) is 46.5 Å². The van der Waals surface area contributed by atoms with Gasteiger partial charge in [-0.3, -0.25) is 4.40 Å². The molecule has 3 aromatic rings. The number of pyridine rings is 1. The van der Waals surface area contributed by atoms with Gasteiger partial charge in [0.1, 0.15) is 16.3 Å². The number of hydrogen-bond acceptors (Lipinski definition) is 8. The third-order valence-electron chi connectivity index (χ3n) is 7.69. The molecule has 0 bridgehead atoms. The van der Waals surface area contributed by atoms with E-state index in [1.54, 1.807) is 6.92 Å². The second-order valence-electron chi connectivity index (χ2n) is 11.1. The minimum atomic E-state index is -4.24. The van der Waals surface area contributed by atoms with Crippen molar-refractivity contribution in [2.45, 2.75) is 87.7 Å². The van der Waals surface area contributed by atoms with E-state index in [1.165, 1.54) is 10.6 Å². The van der Waals surface area contributed by atoms with Crippen LogP contribution in [-0.4, -0.2) is 58.7 Å². The number of nitrogens with one attached hydrogen (secondary N) is 2. The van der Waals surface area contributed by atoms with Gasteiger partial charge in [0, 0.05) is 42.8 Å². The number of alkyl halides is 2. The lowest BCUT2D eigenvalue weighted by Gasteiger charge is -2.38. The molecule has 2 atom stereocenters. The quantitative estimate of drug-likeness (QED) is 0.439. The summed E-state index contributed by atoms with van der Waals surface area (Å²) in [5, 5.41) is 10.9. The summed E-state index contributed by atoms with van der Waals surface area (Å²) >= 11 is 0.744. The van der Waals surface area contributed by atoms with Gasteiger partial charge in [0.25, 0.3) is 6.43 Å². The Bertz CT molecular complexity index is 1490. The van der Waals surface area contributed by atoms with Gasteiger partial charge in [0.2, 0.25) is 10.0 Å². The summed E-state index contributed by atoms with van der Waals surface area (Å²) in [7, 11) is -4.24. The smallest absolute Gasteiger partial charge is 0.291 e. The topological polar surface area (TPSA) is 105 Å². The fourth-order valence-electron chi connectivity index (χ4n) is 5.38. The molecule has 38 heavy (non-hydrogen) atoms. The molecule has 3 fully saturated rings. The summed E-state index contributed by atoms with van der Waals surface area (Å²) < 4.78 is 74.5. The van der Waals surface area contributed by atoms with Crippen LogP contribution in [0.5, 0.6) is 0 Å². The van der Waals surface area contributed by atoms with Crippen molar-refractivity contribution in [3.05, 3.63) is 22.7 Å². The molecule has 2 N–H and O–H groups in total. The first-order valence-corrected chi connectivity index (χ1v) is 15.2. The normalized spacial score (nSPS) is 23.8. The minimum absolute atomic E-state index is 0.0271. The van der Waals surface area contributed by atoms with Gasteiger partial charge in [-0.1, -0.05) is 17.8 Å². The third-order valence-corrected chi connectivity index (χ3v) is 10.2. The number of anilines is 1. The number of hydrogen-bond donors (Lipinski definition) is 2. The Morgan fingerprint density at radius 2 is 1.87 bits per heavy atom. The summed E-state index contributed by atoms with van der Waals surface area (Å²) in [6.07, 6.45) is 2.46. The molecule has 0 aromatic carbocycles. The highest BCUT2D eigenvalue weighted by Gasteiger charge is 2.43. The van der Waals surface area contributed by atoms with E-state index in [9.17, 15) is 17.2 Å². The van der Waals surface area contributed by atoms with E-state index in [4.69, 9.17) is 4.98 Å². The highest BCUT2D eigenvalue weighted by Crippen LogP contribution is 2.45. The van der Waals surface area contributed by atoms with Crippen molar-refractivity contribution in [1.29, 1.82) is 0 Å². The lowest BCUT2D eigenvalue weighted by Crippen LogP contribution is -2.54. The summed E-state index contributed by atoms with van der Waals surface area (Å²) in [5.74, 6) is -0.818. The molecule has 1 saturated heterocycles. The largest absolute Gasteiger partial charge is 0.363 e. The number of fused-ring (bicyclic) bond motifs is 1. The third kappa shape index (κ3) is 4.48. The van der Waals surface area contributed by atoms with E-state index in [0.29, 0.717) is 37.3 Å². The molecule has 0 amide bonds. The monoisotopic (exact) mass is 569 g/mol. The maximum atomic E-state index is 16.4. The summed E-state index contributed by atoms with van der Waals surface area (Å²) in [5.41, 5.74) is 0.756. The van der Waals surface area contributed by atoms with Crippen LogP contribution >= 0.6 is 11.3 Å². The lowest BCUT2D eigenvalue weighted by molar-refractivity contribution is 0.150. The number of aromatic nitrogens is 4. The van der Waals surface area contributed by atoms with Gasteiger partial charge < -0.3 is 10.2 Å². The fourth-order valence-corrected chi connectivity index (χ4v) is 7.66. The molecule has 14 heteroatoms. The minimum Gasteiger partial charge on any atom is -0.363 e. The first-order chi connectivity index (χ1) is 18.0. The molecule has 2 saturated carbocycles. The van der Waals surface area contributed by atoms with Gasteiger partial charge >= 0.3 is 0 Å². The molecule has 9 nitrogen and oxygen atoms in total. The van der Waals surface area contributed by atoms with Crippen LogP contribution in [0.15, 0.2) is 11.1 Å². The number of imidazole rings is 1. The molecule has 0 unspecified atom stereocenters. The highest BCUT2D eigenvalue weighted by molar-refractivity contribution is 7.89. The van der Waals surface area contributed by atoms with Crippen molar-refractivity contribution in [3.8, 4) is 10.7 Å². The molecule has 6 rings (SSSR count). The molecule has 2 aliphatic carbocycles. The summed E-state index contributed by atoms with van der Waals surface area (Å²) in [4.78, 5) is 6.20. The molecule has 3 aromatic heterocycles. The Kier molecular flexibility index (Phi) is 6.24. The Balaban J connectivity index is 1.62.